The van der Waals surface area contributed by atoms with E-state index in [0.717, 1.165) is 43.1 Å². The van der Waals surface area contributed by atoms with Crippen molar-refractivity contribution in [2.75, 3.05) is 31.2 Å². The number of nitrogens with zero attached hydrogens (tertiary/aromatic N) is 2. The van der Waals surface area contributed by atoms with Gasteiger partial charge in [0, 0.05) is 18.8 Å². The molecule has 0 saturated carbocycles. The zero-order valence-electron chi connectivity index (χ0n) is 18.1. The Morgan fingerprint density at radius 1 is 1.00 bits per heavy atom. The molecule has 2 N–H and O–H groups in total. The lowest BCUT2D eigenvalue weighted by Crippen LogP contribution is -2.43. The molecule has 6 heteroatoms. The number of carbonyl (C=O) groups is 1. The second-order valence-corrected chi connectivity index (χ2v) is 7.78. The molecule has 0 unspecified atom stereocenters. The number of aryl methyl sites for hydroxylation is 1. The highest BCUT2D eigenvalue weighted by atomic mass is 16.5. The smallest absolute Gasteiger partial charge is 0.281 e. The van der Waals surface area contributed by atoms with Crippen molar-refractivity contribution in [3.05, 3.63) is 101 Å². The van der Waals surface area contributed by atoms with Gasteiger partial charge in [-0.15, -0.1) is 0 Å². The van der Waals surface area contributed by atoms with Gasteiger partial charge in [0.1, 0.15) is 0 Å². The third-order valence-electron chi connectivity index (χ3n) is 5.71. The number of morpholine rings is 1. The number of hydrogen-bond acceptors (Lipinski definition) is 5. The molecule has 3 aromatic carbocycles. The maximum atomic E-state index is 13.1. The topological polar surface area (TPSA) is 74.2 Å². The quantitative estimate of drug-likeness (QED) is 0.466. The normalized spacial score (nSPS) is 14.5. The van der Waals surface area contributed by atoms with E-state index >= 15 is 0 Å². The van der Waals surface area contributed by atoms with Crippen molar-refractivity contribution < 1.29 is 14.6 Å². The number of hydrogen-bond donors (Lipinski definition) is 2. The number of carbonyl (C=O) groups excluding carboxylic acids is 1. The summed E-state index contributed by atoms with van der Waals surface area (Å²) < 4.78 is 5.42. The van der Waals surface area contributed by atoms with Gasteiger partial charge in [0.2, 0.25) is 0 Å². The summed E-state index contributed by atoms with van der Waals surface area (Å²) in [5.41, 5.74) is 4.72. The number of nitrogens with one attached hydrogen (secondary N) is 1. The number of hydrazone groups is 1. The zero-order chi connectivity index (χ0) is 22.4. The van der Waals surface area contributed by atoms with Crippen molar-refractivity contribution in [2.24, 2.45) is 5.10 Å². The van der Waals surface area contributed by atoms with E-state index in [1.807, 2.05) is 31.2 Å². The summed E-state index contributed by atoms with van der Waals surface area (Å²) in [6.45, 7) is 5.23. The second kappa shape index (κ2) is 9.77. The average molecular weight is 430 g/mol. The first kappa shape index (κ1) is 21.7. The van der Waals surface area contributed by atoms with Gasteiger partial charge in [0.05, 0.1) is 19.4 Å². The molecule has 1 fully saturated rings. The Balaban J connectivity index is 1.52. The Hall–Kier alpha value is -3.48. The average Bonchev–Trinajstić information content (AvgIpc) is 2.86. The van der Waals surface area contributed by atoms with Crippen molar-refractivity contribution in [1.29, 1.82) is 0 Å². The SMILES string of the molecule is Cc1cc(N2CCOCC2)ccc1/C=N\NC(=O)C(O)(c1ccccc1)c1ccccc1. The van der Waals surface area contributed by atoms with Gasteiger partial charge in [-0.3, -0.25) is 4.79 Å². The summed E-state index contributed by atoms with van der Waals surface area (Å²) in [6, 6.07) is 23.9. The molecule has 3 aromatic rings. The molecule has 0 atom stereocenters. The van der Waals surface area contributed by atoms with Gasteiger partial charge in [-0.05, 0) is 41.3 Å². The van der Waals surface area contributed by atoms with Gasteiger partial charge in [0.25, 0.3) is 5.91 Å². The maximum absolute atomic E-state index is 13.1. The summed E-state index contributed by atoms with van der Waals surface area (Å²) in [5.74, 6) is -0.617. The highest BCUT2D eigenvalue weighted by Gasteiger charge is 2.39. The van der Waals surface area contributed by atoms with Crippen LogP contribution in [-0.4, -0.2) is 43.5 Å². The Kier molecular flexibility index (Phi) is 6.63. The minimum Gasteiger partial charge on any atom is -0.378 e. The Morgan fingerprint density at radius 2 is 1.59 bits per heavy atom. The minimum atomic E-state index is -1.85. The summed E-state index contributed by atoms with van der Waals surface area (Å²) >= 11 is 0. The van der Waals surface area contributed by atoms with E-state index in [0.29, 0.717) is 11.1 Å². The molecule has 0 aromatic heterocycles. The summed E-state index contributed by atoms with van der Waals surface area (Å²) in [6.07, 6.45) is 1.60. The van der Waals surface area contributed by atoms with Crippen molar-refractivity contribution in [3.63, 3.8) is 0 Å². The predicted molar refractivity (Wildman–Crippen MR) is 126 cm³/mol. The minimum absolute atomic E-state index is 0.477. The second-order valence-electron chi connectivity index (χ2n) is 7.78. The van der Waals surface area contributed by atoms with Crippen LogP contribution in [0.1, 0.15) is 22.3 Å². The number of amides is 1. The molecule has 1 saturated heterocycles. The van der Waals surface area contributed by atoms with Crippen molar-refractivity contribution in [1.82, 2.24) is 5.43 Å². The fraction of sp³-hybridized carbons (Fsp3) is 0.231. The number of ether oxygens (including phenoxy) is 1. The summed E-state index contributed by atoms with van der Waals surface area (Å²) in [7, 11) is 0. The van der Waals surface area contributed by atoms with E-state index in [4.69, 9.17) is 4.74 Å². The van der Waals surface area contributed by atoms with Crippen LogP contribution in [0.25, 0.3) is 0 Å². The van der Waals surface area contributed by atoms with Gasteiger partial charge in [-0.2, -0.15) is 5.10 Å². The fourth-order valence-corrected chi connectivity index (χ4v) is 3.85. The highest BCUT2D eigenvalue weighted by molar-refractivity contribution is 5.91. The monoisotopic (exact) mass is 429 g/mol. The molecular weight excluding hydrogens is 402 g/mol. The van der Waals surface area contributed by atoms with Crippen LogP contribution in [0.15, 0.2) is 84.0 Å². The summed E-state index contributed by atoms with van der Waals surface area (Å²) in [4.78, 5) is 15.4. The molecule has 6 nitrogen and oxygen atoms in total. The van der Waals surface area contributed by atoms with E-state index in [1.165, 1.54) is 0 Å². The van der Waals surface area contributed by atoms with Crippen LogP contribution < -0.4 is 10.3 Å². The maximum Gasteiger partial charge on any atom is 0.281 e. The van der Waals surface area contributed by atoms with Crippen LogP contribution in [0.2, 0.25) is 0 Å². The third-order valence-corrected chi connectivity index (χ3v) is 5.71. The van der Waals surface area contributed by atoms with Crippen LogP contribution >= 0.6 is 0 Å². The lowest BCUT2D eigenvalue weighted by Gasteiger charge is -2.29. The standard InChI is InChI=1S/C26H27N3O3/c1-20-18-24(29-14-16-32-17-15-29)13-12-21(20)19-27-28-25(30)26(31,22-8-4-2-5-9-22)23-10-6-3-7-11-23/h2-13,18-19,31H,14-17H2,1H3,(H,28,30)/b27-19-. The number of benzene rings is 3. The van der Waals surface area contributed by atoms with Crippen LogP contribution in [0.3, 0.4) is 0 Å². The highest BCUT2D eigenvalue weighted by Crippen LogP contribution is 2.29. The molecule has 1 aliphatic rings. The van der Waals surface area contributed by atoms with Crippen molar-refractivity contribution in [2.45, 2.75) is 12.5 Å². The fourth-order valence-electron chi connectivity index (χ4n) is 3.85. The number of anilines is 1. The number of rotatable bonds is 6. The van der Waals surface area contributed by atoms with E-state index in [-0.39, 0.29) is 0 Å². The van der Waals surface area contributed by atoms with Crippen LogP contribution in [0, 0.1) is 6.92 Å². The predicted octanol–water partition coefficient (Wildman–Crippen LogP) is 3.22. The van der Waals surface area contributed by atoms with Gasteiger partial charge in [-0.25, -0.2) is 5.43 Å². The zero-order valence-corrected chi connectivity index (χ0v) is 18.1. The molecule has 0 spiro atoms. The lowest BCUT2D eigenvalue weighted by molar-refractivity contribution is -0.136. The van der Waals surface area contributed by atoms with Gasteiger partial charge < -0.3 is 14.7 Å². The lowest BCUT2D eigenvalue weighted by atomic mass is 9.85. The van der Waals surface area contributed by atoms with Crippen LogP contribution in [-0.2, 0) is 15.1 Å². The van der Waals surface area contributed by atoms with E-state index in [2.05, 4.69) is 21.5 Å². The van der Waals surface area contributed by atoms with Gasteiger partial charge >= 0.3 is 0 Å². The molecule has 0 radical (unpaired) electrons. The molecule has 32 heavy (non-hydrogen) atoms. The van der Waals surface area contributed by atoms with E-state index in [9.17, 15) is 9.90 Å². The molecular formula is C26H27N3O3. The first-order valence-electron chi connectivity index (χ1n) is 10.7. The first-order chi connectivity index (χ1) is 15.6. The first-order valence-corrected chi connectivity index (χ1v) is 10.7. The molecule has 1 amide bonds. The molecule has 1 heterocycles. The largest absolute Gasteiger partial charge is 0.378 e. The van der Waals surface area contributed by atoms with Crippen molar-refractivity contribution in [3.8, 4) is 0 Å². The Bertz CT molecular complexity index is 1040. The Morgan fingerprint density at radius 3 is 2.16 bits per heavy atom. The Labute approximate surface area is 188 Å². The number of aliphatic hydroxyl groups is 1. The molecule has 4 rings (SSSR count). The third kappa shape index (κ3) is 4.56. The molecule has 1 aliphatic heterocycles. The molecule has 164 valence electrons. The van der Waals surface area contributed by atoms with Gasteiger partial charge in [0.15, 0.2) is 5.60 Å². The van der Waals surface area contributed by atoms with Crippen LogP contribution in [0.4, 0.5) is 5.69 Å². The summed E-state index contributed by atoms with van der Waals surface area (Å²) in [5, 5.41) is 15.6. The van der Waals surface area contributed by atoms with E-state index in [1.54, 1.807) is 54.7 Å². The van der Waals surface area contributed by atoms with Gasteiger partial charge in [-0.1, -0.05) is 66.7 Å². The molecule has 0 aliphatic carbocycles. The molecule has 0 bridgehead atoms. The van der Waals surface area contributed by atoms with Crippen LogP contribution in [0.5, 0.6) is 0 Å². The van der Waals surface area contributed by atoms with Crippen molar-refractivity contribution >= 4 is 17.8 Å². The van der Waals surface area contributed by atoms with E-state index < -0.39 is 11.5 Å².